The first kappa shape index (κ1) is 99.1. The number of rotatable bonds is 22. The molecule has 0 bridgehead atoms. The van der Waals surface area contributed by atoms with Crippen molar-refractivity contribution in [3.05, 3.63) is 605 Å². The van der Waals surface area contributed by atoms with Crippen molar-refractivity contribution in [2.24, 2.45) is 4.99 Å². The number of aliphatic imine (C=N–C) groups is 1. The summed E-state index contributed by atoms with van der Waals surface area (Å²) >= 11 is 0. The van der Waals surface area contributed by atoms with Gasteiger partial charge in [-0.2, -0.15) is 4.99 Å². The Hall–Kier alpha value is -19.7. The van der Waals surface area contributed by atoms with E-state index in [9.17, 15) is 4.79 Å². The van der Waals surface area contributed by atoms with Crippen LogP contribution in [0.2, 0.25) is 0 Å². The van der Waals surface area contributed by atoms with Gasteiger partial charge in [0.15, 0.2) is 0 Å². The highest BCUT2D eigenvalue weighted by molar-refractivity contribution is 6.06. The summed E-state index contributed by atoms with van der Waals surface area (Å²) in [6, 6.07) is 204. The minimum absolute atomic E-state index is 0.600. The van der Waals surface area contributed by atoms with Crippen molar-refractivity contribution in [2.45, 2.75) is 27.7 Å². The molecule has 0 N–H and O–H groups in total. The summed E-state index contributed by atoms with van der Waals surface area (Å²) < 4.78 is 17.8. The van der Waals surface area contributed by atoms with Crippen molar-refractivity contribution in [3.8, 4) is 213 Å². The van der Waals surface area contributed by atoms with Gasteiger partial charge in [-0.05, 0) is 290 Å². The lowest BCUT2D eigenvalue weighted by molar-refractivity contribution is 0.482. The molecule has 23 aromatic carbocycles. The van der Waals surface area contributed by atoms with E-state index >= 15 is 0 Å². The standard InChI is InChI=1S/2C60H42O.2C8H7NO.C8H10/c2*1-7-19-43(20-8-1)53-39-41-55(45-23-11-3-12-24-45)59(57(53)47-27-15-5-16-28-47)49-31-35-51(36-32-49)61-52-37-33-50(34-38-52)60-56(46-25-13-4-14-26-46)42-40-54(44-21-9-2-10-22-44)58(60)48-29-17-6-18-30-48;1-7-3-2-4-8(5-7)10-6-9;1-7-3-2-4-8(5-7)9-6-10;1-7-3-5-8(2)6-4-7/h2*1-42H;2*2-5H,1H3;3-6H,1-2H3. The van der Waals surface area contributed by atoms with Gasteiger partial charge in [0.05, 0.1) is 5.69 Å². The van der Waals surface area contributed by atoms with Crippen LogP contribution in [0.1, 0.15) is 22.3 Å². The second-order valence-corrected chi connectivity index (χ2v) is 36.5. The largest absolute Gasteiger partial charge is 0.457 e. The second-order valence-electron chi connectivity index (χ2n) is 36.5. The fourth-order valence-electron chi connectivity index (χ4n) is 19.2. The van der Waals surface area contributed by atoms with E-state index in [0.29, 0.717) is 11.4 Å². The van der Waals surface area contributed by atoms with Crippen LogP contribution in [0.15, 0.2) is 587 Å². The molecular formula is C144H108N2O4. The maximum absolute atomic E-state index is 9.79. The molecule has 0 unspecified atom stereocenters. The zero-order valence-electron chi connectivity index (χ0n) is 84.0. The number of benzene rings is 23. The van der Waals surface area contributed by atoms with Crippen molar-refractivity contribution in [2.75, 3.05) is 0 Å². The lowest BCUT2D eigenvalue weighted by Gasteiger charge is -2.21. The number of nitriles is 1. The number of hydrogen-bond donors (Lipinski definition) is 0. The summed E-state index contributed by atoms with van der Waals surface area (Å²) in [6.45, 7) is 8.09. The molecule has 0 saturated carbocycles. The van der Waals surface area contributed by atoms with Gasteiger partial charge in [0.1, 0.15) is 28.7 Å². The maximum atomic E-state index is 9.79. The zero-order valence-corrected chi connectivity index (χ0v) is 84.0. The van der Waals surface area contributed by atoms with Crippen molar-refractivity contribution in [3.63, 3.8) is 0 Å². The van der Waals surface area contributed by atoms with Crippen molar-refractivity contribution in [1.29, 1.82) is 5.26 Å². The Morgan fingerprint density at radius 3 is 0.527 bits per heavy atom. The average Bonchev–Trinajstić information content (AvgIpc) is 0.765. The first-order valence-corrected chi connectivity index (χ1v) is 50.4. The third-order valence-corrected chi connectivity index (χ3v) is 26.3. The third-order valence-electron chi connectivity index (χ3n) is 26.3. The van der Waals surface area contributed by atoms with E-state index in [1.54, 1.807) is 18.4 Å². The summed E-state index contributed by atoms with van der Waals surface area (Å²) in [4.78, 5) is 13.3. The van der Waals surface area contributed by atoms with Gasteiger partial charge in [-0.25, -0.2) is 4.79 Å². The molecule has 0 aliphatic rings. The molecule has 0 saturated heterocycles. The van der Waals surface area contributed by atoms with E-state index in [0.717, 1.165) is 56.4 Å². The number of carbonyl (C=O) groups excluding carboxylic acids is 1. The molecule has 6 nitrogen and oxygen atoms in total. The third kappa shape index (κ3) is 24.3. The van der Waals surface area contributed by atoms with Crippen LogP contribution in [0.4, 0.5) is 5.69 Å². The topological polar surface area (TPSA) is 80.9 Å². The Morgan fingerprint density at radius 2 is 0.347 bits per heavy atom. The van der Waals surface area contributed by atoms with Gasteiger partial charge in [0.25, 0.3) is 6.26 Å². The van der Waals surface area contributed by atoms with Gasteiger partial charge in [-0.3, -0.25) is 0 Å². The predicted octanol–water partition coefficient (Wildman–Crippen LogP) is 39.8. The van der Waals surface area contributed by atoms with E-state index in [1.165, 1.54) is 173 Å². The van der Waals surface area contributed by atoms with Gasteiger partial charge in [-0.15, -0.1) is 5.26 Å². The van der Waals surface area contributed by atoms with Crippen molar-refractivity contribution < 1.29 is 19.0 Å². The first-order chi connectivity index (χ1) is 74.0. The van der Waals surface area contributed by atoms with Gasteiger partial charge in [0, 0.05) is 0 Å². The molecular weight excluding hydrogens is 1820 g/mol. The van der Waals surface area contributed by atoms with Gasteiger partial charge < -0.3 is 14.2 Å². The van der Waals surface area contributed by atoms with Crippen LogP contribution in [-0.4, -0.2) is 6.08 Å². The zero-order chi connectivity index (χ0) is 102. The van der Waals surface area contributed by atoms with E-state index in [2.05, 4.69) is 557 Å². The Bertz CT molecular complexity index is 7610. The Labute approximate surface area is 880 Å². The van der Waals surface area contributed by atoms with Crippen molar-refractivity contribution >= 4 is 11.8 Å². The van der Waals surface area contributed by atoms with E-state index in [1.807, 2.05) is 50.2 Å². The van der Waals surface area contributed by atoms with E-state index in [4.69, 9.17) is 14.7 Å². The molecule has 0 radical (unpaired) electrons. The molecule has 0 aromatic heterocycles. The highest BCUT2D eigenvalue weighted by atomic mass is 16.5. The minimum Gasteiger partial charge on any atom is -0.457 e. The number of hydrogen-bond acceptors (Lipinski definition) is 6. The summed E-state index contributed by atoms with van der Waals surface area (Å²) in [7, 11) is 0. The van der Waals surface area contributed by atoms with Crippen LogP contribution < -0.4 is 14.2 Å². The van der Waals surface area contributed by atoms with E-state index in [-0.39, 0.29) is 0 Å². The maximum Gasteiger partial charge on any atom is 0.292 e. The molecule has 0 heterocycles. The number of ether oxygens (including phenoxy) is 3. The normalized spacial score (nSPS) is 10.5. The van der Waals surface area contributed by atoms with Crippen LogP contribution in [0.5, 0.6) is 28.7 Å². The van der Waals surface area contributed by atoms with Crippen molar-refractivity contribution in [1.82, 2.24) is 0 Å². The highest BCUT2D eigenvalue weighted by Crippen LogP contribution is 2.52. The molecule has 0 spiro atoms. The van der Waals surface area contributed by atoms with Gasteiger partial charge >= 0.3 is 0 Å². The SMILES string of the molecule is Cc1ccc(C)cc1.Cc1cccc(N=C=O)c1.Cc1cccc(OC#N)c1.c1ccc(-c2ccc(-c3ccccc3)c(-c3ccc(Oc4ccc(-c5c(-c6ccccc6)ccc(-c6ccccc6)c5-c5ccccc5)cc4)cc3)c2-c2ccccc2)cc1.c1ccc(-c2ccc(-c3ccccc3)c(-c3ccc(Oc4ccc(-c5c(-c6ccccc6)ccc(-c6ccccc6)c5-c5ccccc5)cc4)cc3)c2-c2ccccc2)cc1. The number of aryl methyl sites for hydroxylation is 4. The van der Waals surface area contributed by atoms with Crippen LogP contribution in [0, 0.1) is 39.2 Å². The molecule has 6 heteroatoms. The fraction of sp³-hybridized carbons (Fsp3) is 0.0278. The summed E-state index contributed by atoms with van der Waals surface area (Å²) in [5.74, 6) is 3.71. The molecule has 150 heavy (non-hydrogen) atoms. The summed E-state index contributed by atoms with van der Waals surface area (Å²) in [5.41, 5.74) is 43.3. The number of nitrogens with zero attached hydrogens (tertiary/aromatic N) is 2. The lowest BCUT2D eigenvalue weighted by Crippen LogP contribution is -1.95. The Kier molecular flexibility index (Phi) is 32.4. The molecule has 0 fully saturated rings. The van der Waals surface area contributed by atoms with Crippen LogP contribution >= 0.6 is 0 Å². The quantitative estimate of drug-likeness (QED) is 0.0384. The molecule has 0 aliphatic heterocycles. The molecule has 0 aliphatic carbocycles. The Morgan fingerprint density at radius 1 is 0.167 bits per heavy atom. The monoisotopic (exact) mass is 1930 g/mol. The minimum atomic E-state index is 0.600. The second kappa shape index (κ2) is 49.1. The Balaban J connectivity index is 0.000000149. The predicted molar refractivity (Wildman–Crippen MR) is 625 cm³/mol. The highest BCUT2D eigenvalue weighted by Gasteiger charge is 2.26. The molecule has 718 valence electrons. The van der Waals surface area contributed by atoms with Crippen LogP contribution in [-0.2, 0) is 4.79 Å². The molecule has 23 rings (SSSR count). The van der Waals surface area contributed by atoms with E-state index < -0.39 is 0 Å². The van der Waals surface area contributed by atoms with Crippen LogP contribution in [0.25, 0.3) is 178 Å². The van der Waals surface area contributed by atoms with Crippen LogP contribution in [0.3, 0.4) is 0 Å². The summed E-state index contributed by atoms with van der Waals surface area (Å²) in [5, 5.41) is 8.14. The first-order valence-electron chi connectivity index (χ1n) is 50.4. The molecule has 0 atom stereocenters. The molecule has 23 aromatic rings. The lowest BCUT2D eigenvalue weighted by atomic mass is 9.83. The smallest absolute Gasteiger partial charge is 0.292 e. The van der Waals surface area contributed by atoms with Gasteiger partial charge in [0.2, 0.25) is 6.08 Å². The molecule has 0 amide bonds. The number of isocyanates is 1. The van der Waals surface area contributed by atoms with Gasteiger partial charge in [-0.1, -0.05) is 521 Å². The fourth-order valence-corrected chi connectivity index (χ4v) is 19.2. The average molecular weight is 1930 g/mol. The summed E-state index contributed by atoms with van der Waals surface area (Å²) in [6.07, 6.45) is 3.10.